The van der Waals surface area contributed by atoms with Crippen molar-refractivity contribution in [2.75, 3.05) is 13.1 Å². The number of pyridine rings is 1. The number of aromatic nitrogens is 1. The molecule has 0 saturated carbocycles. The van der Waals surface area contributed by atoms with Gasteiger partial charge >= 0.3 is 0 Å². The maximum absolute atomic E-state index is 6.08. The molecule has 1 saturated heterocycles. The monoisotopic (exact) mass is 238 g/mol. The molecule has 0 spiro atoms. The Hall–Kier alpha value is -0.600. The van der Waals surface area contributed by atoms with E-state index >= 15 is 0 Å². The van der Waals surface area contributed by atoms with Crippen molar-refractivity contribution in [3.63, 3.8) is 0 Å². The first kappa shape index (κ1) is 11.9. The molecule has 1 aromatic heterocycles. The maximum atomic E-state index is 6.08. The molecule has 2 nitrogen and oxygen atoms in total. The Morgan fingerprint density at radius 2 is 2.31 bits per heavy atom. The third kappa shape index (κ3) is 2.96. The van der Waals surface area contributed by atoms with Gasteiger partial charge in [0.2, 0.25) is 0 Å². The van der Waals surface area contributed by atoms with Gasteiger partial charge in [-0.1, -0.05) is 31.5 Å². The number of halogens is 1. The van der Waals surface area contributed by atoms with Crippen molar-refractivity contribution in [1.82, 2.24) is 9.88 Å². The van der Waals surface area contributed by atoms with E-state index in [1.54, 1.807) is 6.20 Å². The largest absolute Gasteiger partial charge is 0.298 e. The third-order valence-electron chi connectivity index (χ3n) is 3.21. The molecule has 2 heterocycles. The lowest BCUT2D eigenvalue weighted by atomic mass is 9.84. The van der Waals surface area contributed by atoms with Crippen LogP contribution in [-0.4, -0.2) is 23.0 Å². The highest BCUT2D eigenvalue weighted by Crippen LogP contribution is 2.29. The van der Waals surface area contributed by atoms with Crippen LogP contribution in [0.3, 0.4) is 0 Å². The van der Waals surface area contributed by atoms with Gasteiger partial charge < -0.3 is 0 Å². The zero-order valence-corrected chi connectivity index (χ0v) is 10.8. The highest BCUT2D eigenvalue weighted by atomic mass is 35.5. The molecule has 0 aliphatic carbocycles. The Bertz CT molecular complexity index is 363. The Morgan fingerprint density at radius 3 is 3.00 bits per heavy atom. The second kappa shape index (κ2) is 4.72. The summed E-state index contributed by atoms with van der Waals surface area (Å²) in [5, 5.41) is 0.644. The lowest BCUT2D eigenvalue weighted by Gasteiger charge is -2.38. The van der Waals surface area contributed by atoms with Crippen molar-refractivity contribution >= 4 is 11.6 Å². The van der Waals surface area contributed by atoms with Crippen LogP contribution in [-0.2, 0) is 6.54 Å². The summed E-state index contributed by atoms with van der Waals surface area (Å²) in [7, 11) is 0. The molecule has 0 amide bonds. The minimum Gasteiger partial charge on any atom is -0.298 e. The lowest BCUT2D eigenvalue weighted by molar-refractivity contribution is 0.111. The first-order valence-corrected chi connectivity index (χ1v) is 6.26. The van der Waals surface area contributed by atoms with Crippen LogP contribution in [0.5, 0.6) is 0 Å². The first-order valence-electron chi connectivity index (χ1n) is 5.89. The van der Waals surface area contributed by atoms with Crippen molar-refractivity contribution in [3.05, 3.63) is 29.0 Å². The summed E-state index contributed by atoms with van der Waals surface area (Å²) in [5.74, 6) is 0. The number of piperidine rings is 1. The van der Waals surface area contributed by atoms with Crippen molar-refractivity contribution in [3.8, 4) is 0 Å². The second-order valence-electron chi connectivity index (χ2n) is 5.43. The van der Waals surface area contributed by atoms with Crippen LogP contribution >= 0.6 is 11.6 Å². The molecular formula is C13H19ClN2. The maximum Gasteiger partial charge on any atom is 0.133 e. The minimum absolute atomic E-state index is 0.437. The highest BCUT2D eigenvalue weighted by Gasteiger charge is 2.26. The molecule has 1 fully saturated rings. The molecule has 3 heteroatoms. The Balaban J connectivity index is 2.02. The molecule has 0 bridgehead atoms. The molecule has 1 aliphatic rings. The van der Waals surface area contributed by atoms with E-state index in [4.69, 9.17) is 11.6 Å². The Labute approximate surface area is 103 Å². The fourth-order valence-electron chi connectivity index (χ4n) is 2.46. The Kier molecular flexibility index (Phi) is 3.50. The molecule has 0 unspecified atom stereocenters. The summed E-state index contributed by atoms with van der Waals surface area (Å²) < 4.78 is 0. The van der Waals surface area contributed by atoms with Crippen LogP contribution in [0.25, 0.3) is 0 Å². The summed E-state index contributed by atoms with van der Waals surface area (Å²) in [5.41, 5.74) is 1.58. The van der Waals surface area contributed by atoms with Crippen LogP contribution in [0.1, 0.15) is 32.3 Å². The van der Waals surface area contributed by atoms with E-state index in [9.17, 15) is 0 Å². The fraction of sp³-hybridized carbons (Fsp3) is 0.615. The summed E-state index contributed by atoms with van der Waals surface area (Å²) in [6.07, 6.45) is 4.35. The average molecular weight is 239 g/mol. The summed E-state index contributed by atoms with van der Waals surface area (Å²) in [6, 6.07) is 4.02. The highest BCUT2D eigenvalue weighted by molar-refractivity contribution is 6.30. The van der Waals surface area contributed by atoms with E-state index in [1.807, 2.05) is 6.07 Å². The van der Waals surface area contributed by atoms with Gasteiger partial charge in [-0.25, -0.2) is 4.98 Å². The predicted molar refractivity (Wildman–Crippen MR) is 67.5 cm³/mol. The fourth-order valence-corrected chi connectivity index (χ4v) is 2.64. The van der Waals surface area contributed by atoms with Gasteiger partial charge in [-0.05, 0) is 30.9 Å². The van der Waals surface area contributed by atoms with Gasteiger partial charge in [0.1, 0.15) is 5.15 Å². The molecule has 0 N–H and O–H groups in total. The molecule has 16 heavy (non-hydrogen) atoms. The quantitative estimate of drug-likeness (QED) is 0.735. The second-order valence-corrected chi connectivity index (χ2v) is 5.79. The van der Waals surface area contributed by atoms with Gasteiger partial charge in [-0.3, -0.25) is 4.90 Å². The van der Waals surface area contributed by atoms with E-state index in [0.29, 0.717) is 10.6 Å². The van der Waals surface area contributed by atoms with E-state index in [2.05, 4.69) is 29.8 Å². The van der Waals surface area contributed by atoms with Crippen LogP contribution in [0, 0.1) is 5.41 Å². The Morgan fingerprint density at radius 1 is 1.50 bits per heavy atom. The molecule has 1 aliphatic heterocycles. The van der Waals surface area contributed by atoms with E-state index in [1.165, 1.54) is 19.4 Å². The zero-order valence-electron chi connectivity index (χ0n) is 10.0. The number of hydrogen-bond donors (Lipinski definition) is 0. The van der Waals surface area contributed by atoms with Crippen molar-refractivity contribution < 1.29 is 0 Å². The van der Waals surface area contributed by atoms with E-state index in [0.717, 1.165) is 18.7 Å². The van der Waals surface area contributed by atoms with Crippen LogP contribution in [0.2, 0.25) is 5.15 Å². The van der Waals surface area contributed by atoms with Crippen molar-refractivity contribution in [2.24, 2.45) is 5.41 Å². The van der Waals surface area contributed by atoms with Gasteiger partial charge in [0, 0.05) is 24.8 Å². The molecule has 1 aromatic rings. The number of rotatable bonds is 2. The topological polar surface area (TPSA) is 16.1 Å². The average Bonchev–Trinajstić information content (AvgIpc) is 2.20. The lowest BCUT2D eigenvalue weighted by Crippen LogP contribution is -2.39. The van der Waals surface area contributed by atoms with Crippen molar-refractivity contribution in [1.29, 1.82) is 0 Å². The van der Waals surface area contributed by atoms with E-state index < -0.39 is 0 Å². The van der Waals surface area contributed by atoms with Gasteiger partial charge in [-0.2, -0.15) is 0 Å². The molecule has 0 radical (unpaired) electrons. The molecule has 0 aromatic carbocycles. The van der Waals surface area contributed by atoms with Crippen LogP contribution in [0.4, 0.5) is 0 Å². The predicted octanol–water partition coefficient (Wildman–Crippen LogP) is 3.36. The summed E-state index contributed by atoms with van der Waals surface area (Å²) in [6.45, 7) is 7.93. The summed E-state index contributed by atoms with van der Waals surface area (Å²) in [4.78, 5) is 6.60. The summed E-state index contributed by atoms with van der Waals surface area (Å²) >= 11 is 6.08. The minimum atomic E-state index is 0.437. The van der Waals surface area contributed by atoms with Gasteiger partial charge in [0.15, 0.2) is 0 Å². The molecule has 0 atom stereocenters. The first-order chi connectivity index (χ1) is 7.57. The van der Waals surface area contributed by atoms with Crippen LogP contribution in [0.15, 0.2) is 18.3 Å². The third-order valence-corrected chi connectivity index (χ3v) is 3.55. The van der Waals surface area contributed by atoms with Crippen LogP contribution < -0.4 is 0 Å². The number of hydrogen-bond acceptors (Lipinski definition) is 2. The molecule has 88 valence electrons. The SMILES string of the molecule is CC1(C)CCCN(Cc2cccnc2Cl)C1. The molecular weight excluding hydrogens is 220 g/mol. The van der Waals surface area contributed by atoms with E-state index in [-0.39, 0.29) is 0 Å². The number of nitrogens with zero attached hydrogens (tertiary/aromatic N) is 2. The van der Waals surface area contributed by atoms with Gasteiger partial charge in [-0.15, -0.1) is 0 Å². The number of likely N-dealkylation sites (tertiary alicyclic amines) is 1. The smallest absolute Gasteiger partial charge is 0.133 e. The normalized spacial score (nSPS) is 20.9. The zero-order chi connectivity index (χ0) is 11.6. The van der Waals surface area contributed by atoms with Gasteiger partial charge in [0.05, 0.1) is 0 Å². The molecule has 2 rings (SSSR count). The van der Waals surface area contributed by atoms with Crippen molar-refractivity contribution in [2.45, 2.75) is 33.2 Å². The standard InChI is InChI=1S/C13H19ClN2/c1-13(2)6-4-8-16(10-13)9-11-5-3-7-15-12(11)14/h3,5,7H,4,6,8-10H2,1-2H3. The van der Waals surface area contributed by atoms with Gasteiger partial charge in [0.25, 0.3) is 0 Å².